The van der Waals surface area contributed by atoms with Crippen molar-refractivity contribution in [1.82, 2.24) is 0 Å². The molecule has 0 heterocycles. The summed E-state index contributed by atoms with van der Waals surface area (Å²) in [6.07, 6.45) is -4.42. The molecular weight excluding hydrogens is 503 g/mol. The molecule has 1 aromatic carbocycles. The molecule has 0 amide bonds. The number of halogens is 5. The number of alkyl halides is 5. The molecule has 7 nitrogen and oxygen atoms in total. The molecule has 4 fully saturated rings. The predicted octanol–water partition coefficient (Wildman–Crippen LogP) is 4.63. The zero-order chi connectivity index (χ0) is 25.8. The molecule has 4 aliphatic carbocycles. The minimum Gasteiger partial charge on any atom is -0.461 e. The van der Waals surface area contributed by atoms with Crippen molar-refractivity contribution in [3.05, 3.63) is 35.4 Å². The van der Waals surface area contributed by atoms with E-state index in [0.29, 0.717) is 17.8 Å². The Balaban J connectivity index is 1.51. The SMILES string of the molecule is O=C(OCC12CC3CC(CC(C3)C1)C2)c1ccccc1C(=O)OC(C(F)(F)F)C(F)(F)S(=O)(=O)O. The van der Waals surface area contributed by atoms with Crippen LogP contribution in [0.4, 0.5) is 22.0 Å². The van der Waals surface area contributed by atoms with Crippen LogP contribution in [-0.2, 0) is 19.6 Å². The van der Waals surface area contributed by atoms with Crippen molar-refractivity contribution >= 4 is 22.1 Å². The van der Waals surface area contributed by atoms with Gasteiger partial charge in [0.1, 0.15) is 0 Å². The first-order chi connectivity index (χ1) is 16.1. The van der Waals surface area contributed by atoms with Crippen LogP contribution in [0.5, 0.6) is 0 Å². The van der Waals surface area contributed by atoms with Gasteiger partial charge in [-0.15, -0.1) is 0 Å². The first-order valence-electron chi connectivity index (χ1n) is 11.0. The molecule has 0 aliphatic heterocycles. The second-order valence-electron chi connectivity index (χ2n) is 9.90. The molecule has 4 aliphatic rings. The van der Waals surface area contributed by atoms with E-state index < -0.39 is 50.7 Å². The van der Waals surface area contributed by atoms with E-state index in [1.165, 1.54) is 6.07 Å². The van der Waals surface area contributed by atoms with E-state index in [4.69, 9.17) is 9.29 Å². The lowest BCUT2D eigenvalue weighted by atomic mass is 9.50. The van der Waals surface area contributed by atoms with Gasteiger partial charge >= 0.3 is 33.5 Å². The molecule has 1 unspecified atom stereocenters. The summed E-state index contributed by atoms with van der Waals surface area (Å²) in [6.45, 7) is 0.0602. The second-order valence-corrected chi connectivity index (χ2v) is 11.4. The highest BCUT2D eigenvalue weighted by Crippen LogP contribution is 2.60. The highest BCUT2D eigenvalue weighted by molar-refractivity contribution is 7.86. The van der Waals surface area contributed by atoms with Gasteiger partial charge in [0.15, 0.2) is 0 Å². The third-order valence-electron chi connectivity index (χ3n) is 7.21. The van der Waals surface area contributed by atoms with Crippen LogP contribution in [0.2, 0.25) is 0 Å². The van der Waals surface area contributed by atoms with Gasteiger partial charge in [-0.1, -0.05) is 12.1 Å². The summed E-state index contributed by atoms with van der Waals surface area (Å²) in [5, 5.41) is -5.88. The lowest BCUT2D eigenvalue weighted by Crippen LogP contribution is -2.52. The molecule has 0 aromatic heterocycles. The van der Waals surface area contributed by atoms with Crippen molar-refractivity contribution in [2.75, 3.05) is 6.61 Å². The average Bonchev–Trinajstić information content (AvgIpc) is 2.73. The normalized spacial score (nSPS) is 29.0. The summed E-state index contributed by atoms with van der Waals surface area (Å²) < 4.78 is 106. The fourth-order valence-electron chi connectivity index (χ4n) is 6.23. The van der Waals surface area contributed by atoms with Gasteiger partial charge in [0.05, 0.1) is 17.7 Å². The molecule has 1 N–H and O–H groups in total. The average molecular weight is 526 g/mol. The lowest BCUT2D eigenvalue weighted by Gasteiger charge is -2.56. The van der Waals surface area contributed by atoms with E-state index in [-0.39, 0.29) is 12.0 Å². The first-order valence-corrected chi connectivity index (χ1v) is 12.4. The van der Waals surface area contributed by atoms with Crippen LogP contribution in [0.3, 0.4) is 0 Å². The Bertz CT molecular complexity index is 1080. The van der Waals surface area contributed by atoms with E-state index in [2.05, 4.69) is 4.74 Å². The molecule has 4 bridgehead atoms. The number of rotatable bonds is 7. The van der Waals surface area contributed by atoms with Crippen LogP contribution in [0, 0.1) is 23.2 Å². The summed E-state index contributed by atoms with van der Waals surface area (Å²) in [5.74, 6) is -1.39. The van der Waals surface area contributed by atoms with E-state index in [1.807, 2.05) is 0 Å². The van der Waals surface area contributed by atoms with Crippen molar-refractivity contribution in [2.24, 2.45) is 23.2 Å². The molecular formula is C22H23F5O7S. The van der Waals surface area contributed by atoms with Crippen molar-refractivity contribution < 1.29 is 54.0 Å². The van der Waals surface area contributed by atoms with Gasteiger partial charge < -0.3 is 9.47 Å². The zero-order valence-electron chi connectivity index (χ0n) is 18.3. The fraction of sp³-hybridized carbons (Fsp3) is 0.636. The minimum absolute atomic E-state index is 0.0602. The van der Waals surface area contributed by atoms with Crippen molar-refractivity contribution in [2.45, 2.75) is 56.1 Å². The highest BCUT2D eigenvalue weighted by Gasteiger charge is 2.66. The maximum atomic E-state index is 13.8. The van der Waals surface area contributed by atoms with E-state index >= 15 is 0 Å². The predicted molar refractivity (Wildman–Crippen MR) is 109 cm³/mol. The summed E-state index contributed by atoms with van der Waals surface area (Å²) >= 11 is 0. The Hall–Kier alpha value is -2.28. The van der Waals surface area contributed by atoms with Crippen LogP contribution in [0.15, 0.2) is 24.3 Å². The number of hydrogen-bond donors (Lipinski definition) is 1. The second kappa shape index (κ2) is 8.68. The third kappa shape index (κ3) is 5.02. The molecule has 0 radical (unpaired) electrons. The van der Waals surface area contributed by atoms with Gasteiger partial charge in [-0.05, 0) is 68.4 Å². The number of ether oxygens (including phenoxy) is 2. The maximum absolute atomic E-state index is 13.8. The number of esters is 2. The molecule has 0 spiro atoms. The maximum Gasteiger partial charge on any atom is 0.432 e. The van der Waals surface area contributed by atoms with E-state index in [0.717, 1.165) is 56.7 Å². The quantitative estimate of drug-likeness (QED) is 0.314. The number of carbonyl (C=O) groups is 2. The van der Waals surface area contributed by atoms with Gasteiger partial charge in [0, 0.05) is 5.41 Å². The van der Waals surface area contributed by atoms with Crippen LogP contribution in [-0.4, -0.2) is 49.1 Å². The molecule has 13 heteroatoms. The molecule has 194 valence electrons. The number of benzene rings is 1. The van der Waals surface area contributed by atoms with Gasteiger partial charge in [-0.2, -0.15) is 30.4 Å². The lowest BCUT2D eigenvalue weighted by molar-refractivity contribution is -0.248. The summed E-state index contributed by atoms with van der Waals surface area (Å²) in [4.78, 5) is 25.2. The summed E-state index contributed by atoms with van der Waals surface area (Å²) in [7, 11) is -6.59. The standard InChI is InChI=1S/C22H23F5O7S/c23-21(24,25)19(22(26,27)35(30,31)32)34-18(29)16-4-2-1-3-15(16)17(28)33-11-20-8-12-5-13(9-20)7-14(6-12)10-20/h1-4,12-14,19H,5-11H2,(H,30,31,32). The van der Waals surface area contributed by atoms with Gasteiger partial charge in [-0.3, -0.25) is 4.55 Å². The minimum atomic E-state index is -6.59. The molecule has 35 heavy (non-hydrogen) atoms. The van der Waals surface area contributed by atoms with Crippen molar-refractivity contribution in [3.63, 3.8) is 0 Å². The van der Waals surface area contributed by atoms with Crippen molar-refractivity contribution in [3.8, 4) is 0 Å². The number of hydrogen-bond acceptors (Lipinski definition) is 6. The Morgan fingerprint density at radius 3 is 1.83 bits per heavy atom. The molecule has 5 rings (SSSR count). The topological polar surface area (TPSA) is 107 Å². The Kier molecular flexibility index (Phi) is 6.40. The molecule has 0 saturated heterocycles. The molecule has 1 aromatic rings. The Morgan fingerprint density at radius 2 is 1.40 bits per heavy atom. The smallest absolute Gasteiger partial charge is 0.432 e. The van der Waals surface area contributed by atoms with Crippen LogP contribution in [0.1, 0.15) is 59.2 Å². The monoisotopic (exact) mass is 526 g/mol. The Morgan fingerprint density at radius 1 is 0.943 bits per heavy atom. The fourth-order valence-corrected chi connectivity index (χ4v) is 6.69. The first kappa shape index (κ1) is 25.8. The van der Waals surface area contributed by atoms with Gasteiger partial charge in [0.25, 0.3) is 6.10 Å². The van der Waals surface area contributed by atoms with Crippen LogP contribution < -0.4 is 0 Å². The number of carbonyl (C=O) groups excluding carboxylic acids is 2. The molecule has 1 atom stereocenters. The molecule has 4 saturated carbocycles. The highest BCUT2D eigenvalue weighted by atomic mass is 32.2. The van der Waals surface area contributed by atoms with Gasteiger partial charge in [-0.25, -0.2) is 9.59 Å². The van der Waals surface area contributed by atoms with Crippen LogP contribution >= 0.6 is 0 Å². The van der Waals surface area contributed by atoms with Gasteiger partial charge in [0.2, 0.25) is 0 Å². The van der Waals surface area contributed by atoms with E-state index in [1.54, 1.807) is 0 Å². The van der Waals surface area contributed by atoms with Crippen LogP contribution in [0.25, 0.3) is 0 Å². The summed E-state index contributed by atoms with van der Waals surface area (Å²) in [6, 6.07) is 4.35. The summed E-state index contributed by atoms with van der Waals surface area (Å²) in [5.41, 5.74) is -1.53. The third-order valence-corrected chi connectivity index (χ3v) is 8.11. The zero-order valence-corrected chi connectivity index (χ0v) is 19.1. The largest absolute Gasteiger partial charge is 0.461 e. The van der Waals surface area contributed by atoms with Crippen molar-refractivity contribution in [1.29, 1.82) is 0 Å². The Labute approximate surface area is 197 Å². The van der Waals surface area contributed by atoms with E-state index in [9.17, 15) is 40.0 Å².